The zero-order chi connectivity index (χ0) is 32.0. The molecule has 242 valence electrons. The molecule has 0 radical (unpaired) electrons. The van der Waals surface area contributed by atoms with E-state index in [1.54, 1.807) is 0 Å². The summed E-state index contributed by atoms with van der Waals surface area (Å²) in [5.74, 6) is -1.27. The molecule has 43 heavy (non-hydrogen) atoms. The minimum Gasteiger partial charge on any atom is -0.466 e. The standard InChI is InChI=1S/C30H42F2O10S/c1-17(6-9-26(37)41-12-4-5-25(36)42-16-30(31,32)43(38,39)40)20-7-8-21-27-22(15-24(35)29(20,21)3)28(2)11-10-19(33)13-18(28)14-23(27)34/h17-18,20-22,27H,4-16H2,1-3H3,(H,38,39,40)/t17?,18-,20+,21-,22-,27-,28-,29+/m0/s1. The van der Waals surface area contributed by atoms with Crippen molar-refractivity contribution in [2.75, 3.05) is 13.2 Å². The molecule has 13 heteroatoms. The molecule has 4 aliphatic rings. The molecule has 10 nitrogen and oxygen atoms in total. The van der Waals surface area contributed by atoms with Gasteiger partial charge in [-0.15, -0.1) is 0 Å². The van der Waals surface area contributed by atoms with Crippen molar-refractivity contribution in [3.05, 3.63) is 0 Å². The minimum atomic E-state index is -5.71. The first-order valence-electron chi connectivity index (χ1n) is 15.2. The molecule has 4 rings (SSSR count). The number of rotatable bonds is 11. The Morgan fingerprint density at radius 2 is 1.70 bits per heavy atom. The van der Waals surface area contributed by atoms with Gasteiger partial charge in [0.2, 0.25) is 0 Å². The van der Waals surface area contributed by atoms with E-state index in [2.05, 4.69) is 11.7 Å². The van der Waals surface area contributed by atoms with Gasteiger partial charge in [0.15, 0.2) is 6.61 Å². The Morgan fingerprint density at radius 1 is 1.02 bits per heavy atom. The zero-order valence-corrected chi connectivity index (χ0v) is 25.8. The van der Waals surface area contributed by atoms with Gasteiger partial charge in [0, 0.05) is 49.9 Å². The fraction of sp³-hybridized carbons (Fsp3) is 0.833. The van der Waals surface area contributed by atoms with Gasteiger partial charge in [-0.25, -0.2) is 0 Å². The van der Waals surface area contributed by atoms with Crippen molar-refractivity contribution in [3.8, 4) is 0 Å². The average Bonchev–Trinajstić information content (AvgIpc) is 3.28. The van der Waals surface area contributed by atoms with E-state index in [0.29, 0.717) is 32.1 Å². The van der Waals surface area contributed by atoms with Crippen molar-refractivity contribution in [1.82, 2.24) is 0 Å². The normalized spacial score (nSPS) is 35.0. The molecule has 1 N–H and O–H groups in total. The van der Waals surface area contributed by atoms with E-state index < -0.39 is 45.8 Å². The molecule has 0 aliphatic heterocycles. The minimum absolute atomic E-state index is 0.0110. The van der Waals surface area contributed by atoms with Gasteiger partial charge >= 0.3 is 27.3 Å². The van der Waals surface area contributed by atoms with Gasteiger partial charge in [0.05, 0.1) is 6.61 Å². The van der Waals surface area contributed by atoms with Crippen LogP contribution in [0.5, 0.6) is 0 Å². The molecular weight excluding hydrogens is 590 g/mol. The molecule has 0 bridgehead atoms. The van der Waals surface area contributed by atoms with Crippen LogP contribution >= 0.6 is 0 Å². The van der Waals surface area contributed by atoms with Gasteiger partial charge in [-0.05, 0) is 67.1 Å². The van der Waals surface area contributed by atoms with Crippen LogP contribution in [0.3, 0.4) is 0 Å². The summed E-state index contributed by atoms with van der Waals surface area (Å²) in [5, 5.41) is -4.61. The highest BCUT2D eigenvalue weighted by molar-refractivity contribution is 7.86. The van der Waals surface area contributed by atoms with Gasteiger partial charge in [-0.2, -0.15) is 17.2 Å². The number of ketones is 3. The SMILES string of the molecule is CC(CCC(=O)OCCCC(=O)OCC(F)(F)S(=O)(=O)O)[C@H]1CC[C@H]2[C@@H]3C(=O)C[C@@H]4CC(=O)CC[C@]4(C)[C@H]3CC(=O)[C@]12C. The Balaban J connectivity index is 1.26. The number of fused-ring (bicyclic) bond motifs is 5. The number of halogens is 2. The monoisotopic (exact) mass is 632 g/mol. The third-order valence-corrected chi connectivity index (χ3v) is 12.1. The van der Waals surface area contributed by atoms with Crippen LogP contribution in [0.4, 0.5) is 8.78 Å². The number of carbonyl (C=O) groups is 5. The van der Waals surface area contributed by atoms with Crippen molar-refractivity contribution in [1.29, 1.82) is 0 Å². The Hall–Kier alpha value is -2.28. The van der Waals surface area contributed by atoms with Crippen LogP contribution in [0.2, 0.25) is 0 Å². The lowest BCUT2D eigenvalue weighted by molar-refractivity contribution is -0.166. The van der Waals surface area contributed by atoms with Crippen molar-refractivity contribution >= 4 is 39.4 Å². The number of hydrogen-bond donors (Lipinski definition) is 1. The smallest absolute Gasteiger partial charge is 0.402 e. The largest absolute Gasteiger partial charge is 0.466 e. The van der Waals surface area contributed by atoms with Crippen LogP contribution in [-0.4, -0.2) is 60.7 Å². The maximum Gasteiger partial charge on any atom is 0.402 e. The molecular formula is C30H42F2O10S. The van der Waals surface area contributed by atoms with E-state index in [0.717, 1.165) is 19.3 Å². The molecule has 4 fully saturated rings. The average molecular weight is 633 g/mol. The molecule has 4 aliphatic carbocycles. The molecule has 0 amide bonds. The topological polar surface area (TPSA) is 158 Å². The van der Waals surface area contributed by atoms with Gasteiger partial charge in [0.25, 0.3) is 0 Å². The molecule has 8 atom stereocenters. The number of Topliss-reactive ketones (excluding diaryl/α,β-unsaturated/α-hetero) is 3. The molecule has 4 saturated carbocycles. The predicted molar refractivity (Wildman–Crippen MR) is 147 cm³/mol. The van der Waals surface area contributed by atoms with E-state index in [4.69, 9.17) is 9.29 Å². The summed E-state index contributed by atoms with van der Waals surface area (Å²) in [4.78, 5) is 63.5. The van der Waals surface area contributed by atoms with Gasteiger partial charge in [-0.3, -0.25) is 28.5 Å². The lowest BCUT2D eigenvalue weighted by Gasteiger charge is -2.58. The van der Waals surface area contributed by atoms with E-state index in [-0.39, 0.29) is 77.7 Å². The van der Waals surface area contributed by atoms with Crippen LogP contribution < -0.4 is 0 Å². The van der Waals surface area contributed by atoms with Crippen molar-refractivity contribution < 1.29 is 55.2 Å². The van der Waals surface area contributed by atoms with Gasteiger partial charge < -0.3 is 9.47 Å². The van der Waals surface area contributed by atoms with Crippen molar-refractivity contribution in [2.45, 2.75) is 96.7 Å². The Kier molecular flexibility index (Phi) is 9.58. The first-order valence-corrected chi connectivity index (χ1v) is 16.6. The maximum absolute atomic E-state index is 13.9. The van der Waals surface area contributed by atoms with E-state index in [9.17, 15) is 41.2 Å². The van der Waals surface area contributed by atoms with E-state index in [1.165, 1.54) is 0 Å². The summed E-state index contributed by atoms with van der Waals surface area (Å²) in [6, 6.07) is 0. The molecule has 0 spiro atoms. The van der Waals surface area contributed by atoms with Gasteiger partial charge in [-0.1, -0.05) is 20.8 Å². The third-order valence-electron chi connectivity index (χ3n) is 11.3. The number of esters is 2. The zero-order valence-electron chi connectivity index (χ0n) is 24.9. The van der Waals surface area contributed by atoms with Crippen LogP contribution in [0.15, 0.2) is 0 Å². The van der Waals surface area contributed by atoms with Crippen LogP contribution in [0, 0.1) is 46.3 Å². The second kappa shape index (κ2) is 12.3. The number of ether oxygens (including phenoxy) is 2. The Labute approximate surface area is 250 Å². The Morgan fingerprint density at radius 3 is 2.37 bits per heavy atom. The molecule has 0 aromatic heterocycles. The number of alkyl halides is 2. The van der Waals surface area contributed by atoms with Gasteiger partial charge in [0.1, 0.15) is 17.3 Å². The van der Waals surface area contributed by atoms with E-state index >= 15 is 0 Å². The lowest BCUT2D eigenvalue weighted by Crippen LogP contribution is -2.60. The van der Waals surface area contributed by atoms with Crippen LogP contribution in [0.1, 0.15) is 91.4 Å². The van der Waals surface area contributed by atoms with Crippen molar-refractivity contribution in [3.63, 3.8) is 0 Å². The van der Waals surface area contributed by atoms with Crippen LogP contribution in [-0.2, 0) is 43.6 Å². The summed E-state index contributed by atoms with van der Waals surface area (Å²) in [6.45, 7) is 4.20. The third kappa shape index (κ3) is 6.43. The molecule has 0 saturated heterocycles. The highest BCUT2D eigenvalue weighted by atomic mass is 32.2. The molecule has 0 aromatic carbocycles. The molecule has 0 aromatic rings. The summed E-state index contributed by atoms with van der Waals surface area (Å²) in [5.41, 5.74) is -0.834. The summed E-state index contributed by atoms with van der Waals surface area (Å²) >= 11 is 0. The fourth-order valence-corrected chi connectivity index (χ4v) is 8.93. The highest BCUT2D eigenvalue weighted by Gasteiger charge is 2.66. The fourth-order valence-electron chi connectivity index (χ4n) is 8.72. The van der Waals surface area contributed by atoms with E-state index in [1.807, 2.05) is 13.8 Å². The first-order chi connectivity index (χ1) is 19.9. The molecule has 1 unspecified atom stereocenters. The second-order valence-electron chi connectivity index (χ2n) is 13.6. The predicted octanol–water partition coefficient (Wildman–Crippen LogP) is 4.34. The summed E-state index contributed by atoms with van der Waals surface area (Å²) in [6.07, 6.45) is 4.12. The maximum atomic E-state index is 13.9. The lowest BCUT2D eigenvalue weighted by atomic mass is 9.44. The first kappa shape index (κ1) is 33.6. The molecule has 0 heterocycles. The Bertz CT molecular complexity index is 1270. The highest BCUT2D eigenvalue weighted by Crippen LogP contribution is 2.66. The van der Waals surface area contributed by atoms with Crippen LogP contribution in [0.25, 0.3) is 0 Å². The quantitative estimate of drug-likeness (QED) is 0.197. The van der Waals surface area contributed by atoms with Crippen molar-refractivity contribution in [2.24, 2.45) is 46.3 Å². The number of carbonyl (C=O) groups excluding carboxylic acids is 5. The number of hydrogen-bond acceptors (Lipinski definition) is 9. The summed E-state index contributed by atoms with van der Waals surface area (Å²) in [7, 11) is -5.71. The summed E-state index contributed by atoms with van der Waals surface area (Å²) < 4.78 is 65.1. The second-order valence-corrected chi connectivity index (χ2v) is 15.1.